The minimum absolute atomic E-state index is 0.0139. The van der Waals surface area contributed by atoms with Crippen molar-refractivity contribution in [2.45, 2.75) is 6.92 Å². The van der Waals surface area contributed by atoms with Gasteiger partial charge in [-0.2, -0.15) is 15.0 Å². The molecule has 0 fully saturated rings. The summed E-state index contributed by atoms with van der Waals surface area (Å²) in [5.41, 5.74) is 2.08. The van der Waals surface area contributed by atoms with Crippen LogP contribution < -0.4 is 10.6 Å². The quantitative estimate of drug-likeness (QED) is 0.819. The van der Waals surface area contributed by atoms with Crippen molar-refractivity contribution in [3.8, 4) is 0 Å². The Bertz CT molecular complexity index is 700. The average molecular weight is 338 g/mol. The number of carbonyl (C=O) groups is 1. The average Bonchev–Trinajstić information content (AvgIpc) is 2.46. The van der Waals surface area contributed by atoms with E-state index in [0.717, 1.165) is 5.56 Å². The van der Waals surface area contributed by atoms with Gasteiger partial charge < -0.3 is 10.6 Å². The molecule has 0 saturated heterocycles. The van der Waals surface area contributed by atoms with E-state index in [1.165, 1.54) is 0 Å². The normalized spacial score (nSPS) is 10.1. The molecule has 0 saturated carbocycles. The third-order valence-electron chi connectivity index (χ3n) is 2.73. The number of hydrogen-bond acceptors (Lipinski definition) is 5. The molecule has 0 atom stereocenters. The van der Waals surface area contributed by atoms with E-state index in [0.29, 0.717) is 17.8 Å². The van der Waals surface area contributed by atoms with Crippen LogP contribution >= 0.6 is 23.2 Å². The van der Waals surface area contributed by atoms with E-state index in [-0.39, 0.29) is 22.4 Å². The molecule has 0 unspecified atom stereocenters. The number of amides is 1. The molecule has 22 heavy (non-hydrogen) atoms. The van der Waals surface area contributed by atoms with Gasteiger partial charge >= 0.3 is 0 Å². The van der Waals surface area contributed by atoms with Gasteiger partial charge in [-0.05, 0) is 47.8 Å². The van der Waals surface area contributed by atoms with Crippen molar-refractivity contribution >= 4 is 40.7 Å². The third-order valence-corrected chi connectivity index (χ3v) is 3.07. The van der Waals surface area contributed by atoms with Gasteiger partial charge in [0, 0.05) is 17.8 Å². The van der Waals surface area contributed by atoms with Crippen LogP contribution in [0, 0.1) is 6.92 Å². The molecule has 1 amide bonds. The first-order chi connectivity index (χ1) is 10.5. The first-order valence-corrected chi connectivity index (χ1v) is 7.09. The Labute approximate surface area is 137 Å². The van der Waals surface area contributed by atoms with Crippen LogP contribution in [0.3, 0.4) is 0 Å². The molecule has 2 aromatic rings. The van der Waals surface area contributed by atoms with Gasteiger partial charge in [0.15, 0.2) is 0 Å². The number of halogens is 2. The third kappa shape index (κ3) is 4.16. The van der Waals surface area contributed by atoms with Crippen LogP contribution in [-0.2, 0) is 0 Å². The maximum Gasteiger partial charge on any atom is 0.251 e. The molecule has 0 radical (unpaired) electrons. The summed E-state index contributed by atoms with van der Waals surface area (Å²) < 4.78 is 0. The van der Waals surface area contributed by atoms with E-state index in [9.17, 15) is 4.79 Å². The molecule has 0 bridgehead atoms. The Morgan fingerprint density at radius 1 is 1.27 bits per heavy atom. The van der Waals surface area contributed by atoms with E-state index in [4.69, 9.17) is 23.2 Å². The van der Waals surface area contributed by atoms with Gasteiger partial charge in [0.25, 0.3) is 5.91 Å². The summed E-state index contributed by atoms with van der Waals surface area (Å²) in [6.45, 7) is 5.84. The van der Waals surface area contributed by atoms with Gasteiger partial charge in [-0.3, -0.25) is 4.79 Å². The van der Waals surface area contributed by atoms with Gasteiger partial charge in [0.1, 0.15) is 0 Å². The number of benzene rings is 1. The molecule has 1 aromatic heterocycles. The van der Waals surface area contributed by atoms with Crippen molar-refractivity contribution in [3.63, 3.8) is 0 Å². The van der Waals surface area contributed by atoms with Crippen LogP contribution in [-0.4, -0.2) is 27.4 Å². The summed E-state index contributed by atoms with van der Waals surface area (Å²) in [5.74, 6) is 0.00594. The minimum atomic E-state index is -0.199. The van der Waals surface area contributed by atoms with Crippen LogP contribution in [0.4, 0.5) is 11.6 Å². The molecule has 114 valence electrons. The zero-order valence-corrected chi connectivity index (χ0v) is 13.2. The smallest absolute Gasteiger partial charge is 0.251 e. The fourth-order valence-corrected chi connectivity index (χ4v) is 2.03. The number of hydrogen-bond donors (Lipinski definition) is 2. The zero-order chi connectivity index (χ0) is 16.1. The lowest BCUT2D eigenvalue weighted by atomic mass is 10.1. The van der Waals surface area contributed by atoms with E-state index < -0.39 is 0 Å². The highest BCUT2D eigenvalue weighted by molar-refractivity contribution is 6.31. The fourth-order valence-electron chi connectivity index (χ4n) is 1.67. The van der Waals surface area contributed by atoms with Crippen molar-refractivity contribution < 1.29 is 4.79 Å². The van der Waals surface area contributed by atoms with Gasteiger partial charge in [-0.15, -0.1) is 6.58 Å². The lowest BCUT2D eigenvalue weighted by molar-refractivity contribution is 0.0958. The van der Waals surface area contributed by atoms with E-state index in [1.807, 2.05) is 13.0 Å². The lowest BCUT2D eigenvalue weighted by Crippen LogP contribution is -2.23. The Morgan fingerprint density at radius 3 is 2.59 bits per heavy atom. The van der Waals surface area contributed by atoms with Crippen molar-refractivity contribution in [2.24, 2.45) is 0 Å². The first kappa shape index (κ1) is 16.2. The fraction of sp³-hybridized carbons (Fsp3) is 0.143. The molecule has 1 heterocycles. The Hall–Kier alpha value is -2.18. The van der Waals surface area contributed by atoms with Crippen molar-refractivity contribution in [2.75, 3.05) is 11.9 Å². The second kappa shape index (κ2) is 7.20. The van der Waals surface area contributed by atoms with Gasteiger partial charge in [-0.25, -0.2) is 0 Å². The lowest BCUT2D eigenvalue weighted by Gasteiger charge is -2.10. The number of aryl methyl sites for hydroxylation is 1. The highest BCUT2D eigenvalue weighted by atomic mass is 35.5. The minimum Gasteiger partial charge on any atom is -0.349 e. The highest BCUT2D eigenvalue weighted by Crippen LogP contribution is 2.21. The van der Waals surface area contributed by atoms with Gasteiger partial charge in [0.05, 0.1) is 0 Å². The van der Waals surface area contributed by atoms with Crippen molar-refractivity contribution in [1.29, 1.82) is 0 Å². The maximum absolute atomic E-state index is 12.0. The molecule has 0 aliphatic rings. The van der Waals surface area contributed by atoms with E-state index >= 15 is 0 Å². The molecule has 0 aliphatic carbocycles. The number of anilines is 2. The number of nitrogens with one attached hydrogen (secondary N) is 2. The van der Waals surface area contributed by atoms with Crippen LogP contribution in [0.1, 0.15) is 15.9 Å². The summed E-state index contributed by atoms with van der Waals surface area (Å²) in [5, 5.41) is 5.66. The molecule has 0 aliphatic heterocycles. The Balaban J connectivity index is 2.26. The molecule has 8 heteroatoms. The topological polar surface area (TPSA) is 79.8 Å². The van der Waals surface area contributed by atoms with E-state index in [1.54, 1.807) is 18.2 Å². The van der Waals surface area contributed by atoms with Crippen molar-refractivity contribution in [3.05, 3.63) is 52.5 Å². The number of aromatic nitrogens is 3. The van der Waals surface area contributed by atoms with Crippen LogP contribution in [0.5, 0.6) is 0 Å². The number of nitrogens with zero attached hydrogens (tertiary/aromatic N) is 3. The first-order valence-electron chi connectivity index (χ1n) is 6.33. The summed E-state index contributed by atoms with van der Waals surface area (Å²) in [7, 11) is 0. The van der Waals surface area contributed by atoms with Gasteiger partial charge in [-0.1, -0.05) is 12.1 Å². The monoisotopic (exact) mass is 337 g/mol. The van der Waals surface area contributed by atoms with Crippen LogP contribution in [0.2, 0.25) is 10.6 Å². The molecule has 2 rings (SSSR count). The van der Waals surface area contributed by atoms with Crippen molar-refractivity contribution in [1.82, 2.24) is 20.3 Å². The summed E-state index contributed by atoms with van der Waals surface area (Å²) >= 11 is 11.5. The molecular weight excluding hydrogens is 325 g/mol. The van der Waals surface area contributed by atoms with Gasteiger partial charge in [0.2, 0.25) is 16.5 Å². The Kier molecular flexibility index (Phi) is 5.30. The predicted molar refractivity (Wildman–Crippen MR) is 86.8 cm³/mol. The zero-order valence-electron chi connectivity index (χ0n) is 11.7. The number of rotatable bonds is 5. The summed E-state index contributed by atoms with van der Waals surface area (Å²) in [6.07, 6.45) is 1.61. The molecular formula is C14H13Cl2N5O. The highest BCUT2D eigenvalue weighted by Gasteiger charge is 2.09. The second-order valence-corrected chi connectivity index (χ2v) is 5.03. The van der Waals surface area contributed by atoms with E-state index in [2.05, 4.69) is 32.2 Å². The number of carbonyl (C=O) groups excluding carboxylic acids is 1. The molecule has 6 nitrogen and oxygen atoms in total. The molecule has 2 N–H and O–H groups in total. The standard InChI is InChI=1S/C14H13Cl2N5O/c1-3-6-17-11(22)9-5-4-8(2)10(7-9)18-14-20-12(15)19-13(16)21-14/h3-5,7H,1,6H2,2H3,(H,17,22)(H,18,19,20,21). The SMILES string of the molecule is C=CCNC(=O)c1ccc(C)c(Nc2nc(Cl)nc(Cl)n2)c1. The van der Waals surface area contributed by atoms with Crippen LogP contribution in [0.25, 0.3) is 0 Å². The second-order valence-electron chi connectivity index (χ2n) is 4.35. The largest absolute Gasteiger partial charge is 0.349 e. The summed E-state index contributed by atoms with van der Waals surface area (Å²) in [6, 6.07) is 5.24. The Morgan fingerprint density at radius 2 is 1.95 bits per heavy atom. The van der Waals surface area contributed by atoms with Crippen LogP contribution in [0.15, 0.2) is 30.9 Å². The summed E-state index contributed by atoms with van der Waals surface area (Å²) in [4.78, 5) is 23.5. The maximum atomic E-state index is 12.0. The molecule has 1 aromatic carbocycles. The predicted octanol–water partition coefficient (Wildman–Crippen LogP) is 3.15. The molecule has 0 spiro atoms.